The summed E-state index contributed by atoms with van der Waals surface area (Å²) in [6.07, 6.45) is 7.80. The first-order chi connectivity index (χ1) is 10.2. The van der Waals surface area contributed by atoms with Gasteiger partial charge in [-0.15, -0.1) is 11.3 Å². The van der Waals surface area contributed by atoms with Crippen LogP contribution in [-0.4, -0.2) is 10.9 Å². The van der Waals surface area contributed by atoms with Crippen molar-refractivity contribution in [2.75, 3.05) is 0 Å². The molecule has 4 heteroatoms. The molecule has 110 valence electrons. The number of hydrogen-bond acceptors (Lipinski definition) is 3. The standard InChI is InChI=1S/C17H20N2OS/c1-12(14-8-5-6-10-18-14)19-17(20)16-11-13-7-3-2-4-9-15(13)21-16/h5-6,8,10-12H,2-4,7,9H2,1H3,(H,19,20). The van der Waals surface area contributed by atoms with Crippen LogP contribution in [-0.2, 0) is 12.8 Å². The van der Waals surface area contributed by atoms with Gasteiger partial charge in [0.05, 0.1) is 16.6 Å². The van der Waals surface area contributed by atoms with E-state index in [9.17, 15) is 4.79 Å². The number of nitrogens with one attached hydrogen (secondary N) is 1. The predicted molar refractivity (Wildman–Crippen MR) is 85.7 cm³/mol. The first kappa shape index (κ1) is 14.3. The van der Waals surface area contributed by atoms with Crippen molar-refractivity contribution in [1.29, 1.82) is 0 Å². The van der Waals surface area contributed by atoms with E-state index in [2.05, 4.69) is 16.4 Å². The van der Waals surface area contributed by atoms with Crippen LogP contribution in [0.3, 0.4) is 0 Å². The molecule has 0 fully saturated rings. The van der Waals surface area contributed by atoms with Gasteiger partial charge in [-0.1, -0.05) is 12.5 Å². The molecule has 0 radical (unpaired) electrons. The molecule has 1 atom stereocenters. The van der Waals surface area contributed by atoms with Crippen LogP contribution in [0.15, 0.2) is 30.5 Å². The van der Waals surface area contributed by atoms with Gasteiger partial charge in [-0.2, -0.15) is 0 Å². The van der Waals surface area contributed by atoms with E-state index in [0.717, 1.165) is 23.4 Å². The molecule has 1 aliphatic rings. The van der Waals surface area contributed by atoms with Gasteiger partial charge in [0.2, 0.25) is 0 Å². The molecule has 1 aliphatic carbocycles. The molecule has 21 heavy (non-hydrogen) atoms. The Morgan fingerprint density at radius 2 is 2.14 bits per heavy atom. The van der Waals surface area contributed by atoms with E-state index >= 15 is 0 Å². The lowest BCUT2D eigenvalue weighted by Crippen LogP contribution is -2.26. The average Bonchev–Trinajstić information content (AvgIpc) is 2.79. The molecule has 1 unspecified atom stereocenters. The number of rotatable bonds is 3. The summed E-state index contributed by atoms with van der Waals surface area (Å²) in [6, 6.07) is 7.79. The molecule has 0 saturated carbocycles. The molecule has 0 aliphatic heterocycles. The Morgan fingerprint density at radius 1 is 1.29 bits per heavy atom. The number of aryl methyl sites for hydroxylation is 2. The molecule has 1 amide bonds. The molecule has 1 N–H and O–H groups in total. The second-order valence-corrected chi connectivity index (χ2v) is 6.71. The average molecular weight is 300 g/mol. The molecule has 0 bridgehead atoms. The first-order valence-electron chi connectivity index (χ1n) is 7.57. The van der Waals surface area contributed by atoms with Crippen molar-refractivity contribution in [3.8, 4) is 0 Å². The Morgan fingerprint density at radius 3 is 2.95 bits per heavy atom. The van der Waals surface area contributed by atoms with E-state index in [1.807, 2.05) is 25.1 Å². The molecule has 0 saturated heterocycles. The minimum atomic E-state index is -0.0689. The number of nitrogens with zero attached hydrogens (tertiary/aromatic N) is 1. The van der Waals surface area contributed by atoms with Gasteiger partial charge in [-0.25, -0.2) is 0 Å². The van der Waals surface area contributed by atoms with E-state index in [0.29, 0.717) is 0 Å². The van der Waals surface area contributed by atoms with Crippen LogP contribution in [0.4, 0.5) is 0 Å². The lowest BCUT2D eigenvalue weighted by Gasteiger charge is -2.12. The van der Waals surface area contributed by atoms with Crippen LogP contribution in [0.5, 0.6) is 0 Å². The van der Waals surface area contributed by atoms with E-state index in [1.54, 1.807) is 17.5 Å². The number of amides is 1. The minimum absolute atomic E-state index is 0.0197. The van der Waals surface area contributed by atoms with Crippen molar-refractivity contribution >= 4 is 17.2 Å². The van der Waals surface area contributed by atoms with Gasteiger partial charge < -0.3 is 5.32 Å². The summed E-state index contributed by atoms with van der Waals surface area (Å²) in [6.45, 7) is 1.97. The zero-order valence-electron chi connectivity index (χ0n) is 12.3. The first-order valence-corrected chi connectivity index (χ1v) is 8.39. The van der Waals surface area contributed by atoms with Gasteiger partial charge in [0.1, 0.15) is 0 Å². The predicted octanol–water partition coefficient (Wildman–Crippen LogP) is 3.90. The molecule has 2 heterocycles. The Balaban J connectivity index is 1.71. The molecule has 3 nitrogen and oxygen atoms in total. The Labute approximate surface area is 129 Å². The van der Waals surface area contributed by atoms with Crippen molar-refractivity contribution < 1.29 is 4.79 Å². The van der Waals surface area contributed by atoms with Crippen LogP contribution in [0.25, 0.3) is 0 Å². The molecular formula is C17H20N2OS. The summed E-state index contributed by atoms with van der Waals surface area (Å²) < 4.78 is 0. The van der Waals surface area contributed by atoms with Gasteiger partial charge in [0.25, 0.3) is 5.91 Å². The lowest BCUT2D eigenvalue weighted by atomic mass is 10.1. The van der Waals surface area contributed by atoms with Gasteiger partial charge in [-0.3, -0.25) is 9.78 Å². The lowest BCUT2D eigenvalue weighted by molar-refractivity contribution is 0.0943. The largest absolute Gasteiger partial charge is 0.343 e. The summed E-state index contributed by atoms with van der Waals surface area (Å²) in [7, 11) is 0. The maximum atomic E-state index is 12.4. The van der Waals surface area contributed by atoms with Crippen molar-refractivity contribution in [2.45, 2.75) is 45.1 Å². The number of carbonyl (C=O) groups excluding carboxylic acids is 1. The van der Waals surface area contributed by atoms with Crippen LogP contribution in [0.1, 0.15) is 58.0 Å². The topological polar surface area (TPSA) is 42.0 Å². The summed E-state index contributed by atoms with van der Waals surface area (Å²) in [5.74, 6) is 0.0197. The zero-order chi connectivity index (χ0) is 14.7. The molecule has 0 spiro atoms. The fourth-order valence-corrected chi connectivity index (χ4v) is 3.91. The molecule has 2 aromatic heterocycles. The summed E-state index contributed by atoms with van der Waals surface area (Å²) in [5.41, 5.74) is 2.28. The highest BCUT2D eigenvalue weighted by Crippen LogP contribution is 2.29. The normalized spacial score (nSPS) is 15.9. The van der Waals surface area contributed by atoms with Crippen LogP contribution >= 0.6 is 11.3 Å². The maximum Gasteiger partial charge on any atom is 0.261 e. The number of carbonyl (C=O) groups is 1. The van der Waals surface area contributed by atoms with Crippen molar-refractivity contribution in [2.24, 2.45) is 0 Å². The van der Waals surface area contributed by atoms with Crippen molar-refractivity contribution in [3.05, 3.63) is 51.5 Å². The third-order valence-electron chi connectivity index (χ3n) is 3.95. The monoisotopic (exact) mass is 300 g/mol. The van der Waals surface area contributed by atoms with E-state index in [4.69, 9.17) is 0 Å². The Hall–Kier alpha value is -1.68. The fourth-order valence-electron chi connectivity index (χ4n) is 2.75. The Bertz CT molecular complexity index is 597. The fraction of sp³-hybridized carbons (Fsp3) is 0.412. The third kappa shape index (κ3) is 3.32. The number of thiophene rings is 1. The highest BCUT2D eigenvalue weighted by atomic mass is 32.1. The van der Waals surface area contributed by atoms with Crippen LogP contribution < -0.4 is 5.32 Å². The highest BCUT2D eigenvalue weighted by Gasteiger charge is 2.18. The summed E-state index contributed by atoms with van der Waals surface area (Å²) in [4.78, 5) is 18.9. The quantitative estimate of drug-likeness (QED) is 0.873. The number of pyridine rings is 1. The van der Waals surface area contributed by atoms with E-state index in [-0.39, 0.29) is 11.9 Å². The second kappa shape index (κ2) is 6.39. The van der Waals surface area contributed by atoms with Gasteiger partial charge in [0, 0.05) is 11.1 Å². The highest BCUT2D eigenvalue weighted by molar-refractivity contribution is 7.14. The smallest absolute Gasteiger partial charge is 0.261 e. The van der Waals surface area contributed by atoms with Crippen LogP contribution in [0, 0.1) is 0 Å². The second-order valence-electron chi connectivity index (χ2n) is 5.57. The van der Waals surface area contributed by atoms with Gasteiger partial charge >= 0.3 is 0 Å². The molecular weight excluding hydrogens is 280 g/mol. The number of hydrogen-bond donors (Lipinski definition) is 1. The van der Waals surface area contributed by atoms with E-state index < -0.39 is 0 Å². The maximum absolute atomic E-state index is 12.4. The molecule has 0 aromatic carbocycles. The van der Waals surface area contributed by atoms with Crippen LogP contribution in [0.2, 0.25) is 0 Å². The SMILES string of the molecule is CC(NC(=O)c1cc2c(s1)CCCCC2)c1ccccn1. The van der Waals surface area contributed by atoms with Crippen molar-refractivity contribution in [3.63, 3.8) is 0 Å². The minimum Gasteiger partial charge on any atom is -0.343 e. The number of fused-ring (bicyclic) bond motifs is 1. The third-order valence-corrected chi connectivity index (χ3v) is 5.19. The number of aromatic nitrogens is 1. The Kier molecular flexibility index (Phi) is 4.34. The molecule has 3 rings (SSSR count). The summed E-state index contributed by atoms with van der Waals surface area (Å²) >= 11 is 1.66. The molecule has 2 aromatic rings. The van der Waals surface area contributed by atoms with Gasteiger partial charge in [-0.05, 0) is 56.4 Å². The van der Waals surface area contributed by atoms with E-state index in [1.165, 1.54) is 29.7 Å². The zero-order valence-corrected chi connectivity index (χ0v) is 13.1. The summed E-state index contributed by atoms with van der Waals surface area (Å²) in [5, 5.41) is 3.05. The van der Waals surface area contributed by atoms with Gasteiger partial charge in [0.15, 0.2) is 0 Å². The van der Waals surface area contributed by atoms with Crippen molar-refractivity contribution in [1.82, 2.24) is 10.3 Å².